The monoisotopic (exact) mass is 379 g/mol. The molecule has 0 aliphatic carbocycles. The second kappa shape index (κ2) is 9.30. The highest BCUT2D eigenvalue weighted by Crippen LogP contribution is 2.19. The lowest BCUT2D eigenvalue weighted by molar-refractivity contribution is 0.0954. The molecule has 0 heterocycles. The number of carbonyl (C=O) groups is 1. The van der Waals surface area contributed by atoms with Gasteiger partial charge in [-0.05, 0) is 49.4 Å². The van der Waals surface area contributed by atoms with Crippen LogP contribution in [-0.4, -0.2) is 34.0 Å². The fourth-order valence-electron chi connectivity index (χ4n) is 2.20. The van der Waals surface area contributed by atoms with E-state index in [9.17, 15) is 17.6 Å². The van der Waals surface area contributed by atoms with Crippen molar-refractivity contribution < 1.29 is 17.6 Å². The van der Waals surface area contributed by atoms with Crippen LogP contribution in [0.1, 0.15) is 23.7 Å². The zero-order valence-electron chi connectivity index (χ0n) is 14.5. The number of halogens is 1. The van der Waals surface area contributed by atoms with Crippen LogP contribution in [-0.2, 0) is 10.0 Å². The number of amides is 1. The van der Waals surface area contributed by atoms with Crippen LogP contribution in [0.2, 0.25) is 0 Å². The Morgan fingerprint density at radius 2 is 1.69 bits per heavy atom. The van der Waals surface area contributed by atoms with Gasteiger partial charge in [0, 0.05) is 18.7 Å². The summed E-state index contributed by atoms with van der Waals surface area (Å²) in [6.45, 7) is 4.09. The maximum Gasteiger partial charge on any atom is 0.261 e. The van der Waals surface area contributed by atoms with Crippen LogP contribution < -0.4 is 15.4 Å². The molecule has 0 aliphatic heterocycles. The number of benzene rings is 2. The van der Waals surface area contributed by atoms with Gasteiger partial charge in [-0.2, -0.15) is 0 Å². The Morgan fingerprint density at radius 3 is 2.35 bits per heavy atom. The van der Waals surface area contributed by atoms with Crippen molar-refractivity contribution in [2.45, 2.75) is 18.2 Å². The first-order valence-electron chi connectivity index (χ1n) is 8.30. The molecular weight excluding hydrogens is 357 g/mol. The largest absolute Gasteiger partial charge is 0.351 e. The van der Waals surface area contributed by atoms with Gasteiger partial charge in [-0.1, -0.05) is 19.1 Å². The summed E-state index contributed by atoms with van der Waals surface area (Å²) in [6.07, 6.45) is 1.02. The summed E-state index contributed by atoms with van der Waals surface area (Å²) in [5.74, 6) is -0.946. The number of para-hydroxylation sites is 1. The molecule has 0 saturated heterocycles. The first kappa shape index (κ1) is 19.9. The second-order valence-corrected chi connectivity index (χ2v) is 7.30. The van der Waals surface area contributed by atoms with Crippen molar-refractivity contribution >= 4 is 21.6 Å². The number of sulfonamides is 1. The van der Waals surface area contributed by atoms with Gasteiger partial charge in [-0.15, -0.1) is 0 Å². The quantitative estimate of drug-likeness (QED) is 0.584. The molecule has 140 valence electrons. The molecule has 2 aromatic rings. The summed E-state index contributed by atoms with van der Waals surface area (Å²) in [4.78, 5) is 12.0. The molecule has 0 saturated carbocycles. The first-order valence-corrected chi connectivity index (χ1v) is 9.78. The Bertz CT molecular complexity index is 839. The maximum absolute atomic E-state index is 13.6. The van der Waals surface area contributed by atoms with E-state index in [1.54, 1.807) is 0 Å². The van der Waals surface area contributed by atoms with Crippen molar-refractivity contribution in [3.63, 3.8) is 0 Å². The highest BCUT2D eigenvalue weighted by Gasteiger charge is 2.16. The van der Waals surface area contributed by atoms with Gasteiger partial charge in [-0.3, -0.25) is 9.52 Å². The molecule has 0 radical (unpaired) electrons. The molecule has 0 unspecified atom stereocenters. The number of nitrogens with one attached hydrogen (secondary N) is 3. The van der Waals surface area contributed by atoms with E-state index in [1.165, 1.54) is 48.5 Å². The van der Waals surface area contributed by atoms with Crippen LogP contribution in [0.5, 0.6) is 0 Å². The van der Waals surface area contributed by atoms with Crippen LogP contribution in [0.3, 0.4) is 0 Å². The van der Waals surface area contributed by atoms with E-state index in [0.717, 1.165) is 13.0 Å². The Morgan fingerprint density at radius 1 is 1.00 bits per heavy atom. The van der Waals surface area contributed by atoms with Crippen molar-refractivity contribution in [1.29, 1.82) is 0 Å². The van der Waals surface area contributed by atoms with Gasteiger partial charge in [-0.25, -0.2) is 12.8 Å². The second-order valence-electron chi connectivity index (χ2n) is 5.62. The van der Waals surface area contributed by atoms with Gasteiger partial charge in [0.25, 0.3) is 15.9 Å². The van der Waals surface area contributed by atoms with Gasteiger partial charge < -0.3 is 10.6 Å². The lowest BCUT2D eigenvalue weighted by atomic mass is 10.2. The van der Waals surface area contributed by atoms with E-state index >= 15 is 0 Å². The maximum atomic E-state index is 13.6. The number of anilines is 1. The van der Waals surface area contributed by atoms with Crippen molar-refractivity contribution in [1.82, 2.24) is 10.6 Å². The summed E-state index contributed by atoms with van der Waals surface area (Å²) in [6, 6.07) is 11.0. The standard InChI is InChI=1S/C18H22FN3O3S/c1-2-11-20-12-13-21-18(23)14-7-9-15(10-8-14)26(24,25)22-17-6-4-3-5-16(17)19/h3-10,20,22H,2,11-13H2,1H3,(H,21,23). The number of rotatable bonds is 9. The zero-order chi connectivity index (χ0) is 19.0. The molecular formula is C18H22FN3O3S. The molecule has 0 spiro atoms. The summed E-state index contributed by atoms with van der Waals surface area (Å²) in [5, 5.41) is 5.91. The minimum atomic E-state index is -3.94. The Balaban J connectivity index is 1.99. The molecule has 0 atom stereocenters. The van der Waals surface area contributed by atoms with Gasteiger partial charge in [0.05, 0.1) is 10.6 Å². The summed E-state index contributed by atoms with van der Waals surface area (Å²) >= 11 is 0. The minimum absolute atomic E-state index is 0.0538. The third-order valence-electron chi connectivity index (χ3n) is 3.56. The molecule has 6 nitrogen and oxygen atoms in total. The van der Waals surface area contributed by atoms with Crippen molar-refractivity contribution in [2.75, 3.05) is 24.4 Å². The van der Waals surface area contributed by atoms with Crippen molar-refractivity contribution in [3.8, 4) is 0 Å². The van der Waals surface area contributed by atoms with Crippen LogP contribution in [0, 0.1) is 5.82 Å². The van der Waals surface area contributed by atoms with Crippen molar-refractivity contribution in [3.05, 3.63) is 59.9 Å². The fraction of sp³-hybridized carbons (Fsp3) is 0.278. The summed E-state index contributed by atoms with van der Waals surface area (Å²) < 4.78 is 40.5. The highest BCUT2D eigenvalue weighted by atomic mass is 32.2. The third kappa shape index (κ3) is 5.53. The molecule has 26 heavy (non-hydrogen) atoms. The zero-order valence-corrected chi connectivity index (χ0v) is 15.3. The molecule has 2 rings (SSSR count). The Kier molecular flexibility index (Phi) is 7.11. The Labute approximate surface area is 152 Å². The lowest BCUT2D eigenvalue weighted by Gasteiger charge is -2.10. The van der Waals surface area contributed by atoms with Crippen LogP contribution >= 0.6 is 0 Å². The molecule has 1 amide bonds. The summed E-state index contributed by atoms with van der Waals surface area (Å²) in [5.41, 5.74) is 0.222. The molecule has 3 N–H and O–H groups in total. The molecule has 0 bridgehead atoms. The lowest BCUT2D eigenvalue weighted by Crippen LogP contribution is -2.32. The average Bonchev–Trinajstić information content (AvgIpc) is 2.63. The minimum Gasteiger partial charge on any atom is -0.351 e. The topological polar surface area (TPSA) is 87.3 Å². The van der Waals surface area contributed by atoms with Crippen LogP contribution in [0.15, 0.2) is 53.4 Å². The van der Waals surface area contributed by atoms with E-state index in [2.05, 4.69) is 22.3 Å². The smallest absolute Gasteiger partial charge is 0.261 e. The highest BCUT2D eigenvalue weighted by molar-refractivity contribution is 7.92. The average molecular weight is 379 g/mol. The van der Waals surface area contributed by atoms with E-state index < -0.39 is 15.8 Å². The third-order valence-corrected chi connectivity index (χ3v) is 4.94. The normalized spacial score (nSPS) is 11.2. The van der Waals surface area contributed by atoms with Crippen molar-refractivity contribution in [2.24, 2.45) is 0 Å². The van der Waals surface area contributed by atoms with E-state index in [-0.39, 0.29) is 16.5 Å². The predicted molar refractivity (Wildman–Crippen MR) is 99.1 cm³/mol. The van der Waals surface area contributed by atoms with Crippen LogP contribution in [0.25, 0.3) is 0 Å². The first-order chi connectivity index (χ1) is 12.4. The summed E-state index contributed by atoms with van der Waals surface area (Å²) in [7, 11) is -3.94. The molecule has 8 heteroatoms. The SMILES string of the molecule is CCCNCCNC(=O)c1ccc(S(=O)(=O)Nc2ccccc2F)cc1. The van der Waals surface area contributed by atoms with E-state index in [0.29, 0.717) is 18.7 Å². The molecule has 2 aromatic carbocycles. The predicted octanol–water partition coefficient (Wildman–Crippen LogP) is 2.36. The van der Waals surface area contributed by atoms with E-state index in [4.69, 9.17) is 0 Å². The molecule has 0 fully saturated rings. The number of hydrogen-bond donors (Lipinski definition) is 3. The van der Waals surface area contributed by atoms with Crippen LogP contribution in [0.4, 0.5) is 10.1 Å². The van der Waals surface area contributed by atoms with Gasteiger partial charge in [0.15, 0.2) is 0 Å². The van der Waals surface area contributed by atoms with Gasteiger partial charge >= 0.3 is 0 Å². The van der Waals surface area contributed by atoms with E-state index in [1.807, 2.05) is 0 Å². The fourth-order valence-corrected chi connectivity index (χ4v) is 3.27. The number of hydrogen-bond acceptors (Lipinski definition) is 4. The molecule has 0 aliphatic rings. The van der Waals surface area contributed by atoms with Gasteiger partial charge in [0.2, 0.25) is 0 Å². The Hall–Kier alpha value is -2.45. The molecule has 0 aromatic heterocycles. The number of carbonyl (C=O) groups excluding carboxylic acids is 1. The van der Waals surface area contributed by atoms with Gasteiger partial charge in [0.1, 0.15) is 5.82 Å².